The molecule has 1 aliphatic heterocycles. The lowest BCUT2D eigenvalue weighted by Gasteiger charge is -2.27. The molecule has 2 aromatic rings. The molecule has 140 valence electrons. The van der Waals surface area contributed by atoms with Crippen molar-refractivity contribution >= 4 is 20.8 Å². The molecule has 2 fully saturated rings. The molecule has 0 radical (unpaired) electrons. The zero-order chi connectivity index (χ0) is 18.3. The van der Waals surface area contributed by atoms with Crippen LogP contribution in [0.15, 0.2) is 29.3 Å². The first-order chi connectivity index (χ1) is 12.5. The highest BCUT2D eigenvalue weighted by Crippen LogP contribution is 2.46. The van der Waals surface area contributed by atoms with Gasteiger partial charge in [-0.1, -0.05) is 6.07 Å². The SMILES string of the molecule is COc1ncc(C2CC2)c2c(S(=O)(=O)N3CCCNC[C@H]3C)cccc12. The van der Waals surface area contributed by atoms with Crippen LogP contribution in [0.5, 0.6) is 5.88 Å². The average Bonchev–Trinajstić information content (AvgIpc) is 3.48. The molecule has 1 atom stereocenters. The van der Waals surface area contributed by atoms with Gasteiger partial charge in [0, 0.05) is 36.1 Å². The van der Waals surface area contributed by atoms with Crippen LogP contribution < -0.4 is 10.1 Å². The molecule has 2 heterocycles. The highest BCUT2D eigenvalue weighted by molar-refractivity contribution is 7.89. The van der Waals surface area contributed by atoms with Crippen molar-refractivity contribution in [3.8, 4) is 5.88 Å². The second-order valence-electron chi connectivity index (χ2n) is 7.20. The largest absolute Gasteiger partial charge is 0.481 e. The van der Waals surface area contributed by atoms with Gasteiger partial charge in [-0.15, -0.1) is 0 Å². The predicted molar refractivity (Wildman–Crippen MR) is 101 cm³/mol. The molecule has 1 aliphatic carbocycles. The van der Waals surface area contributed by atoms with E-state index in [1.807, 2.05) is 13.0 Å². The Morgan fingerprint density at radius 3 is 2.85 bits per heavy atom. The monoisotopic (exact) mass is 375 g/mol. The Morgan fingerprint density at radius 2 is 2.12 bits per heavy atom. The highest BCUT2D eigenvalue weighted by Gasteiger charge is 2.34. The molecule has 1 N–H and O–H groups in total. The number of methoxy groups -OCH3 is 1. The maximum Gasteiger partial charge on any atom is 0.243 e. The van der Waals surface area contributed by atoms with Gasteiger partial charge in [0.2, 0.25) is 15.9 Å². The van der Waals surface area contributed by atoms with Gasteiger partial charge in [0.25, 0.3) is 0 Å². The minimum atomic E-state index is -3.60. The minimum absolute atomic E-state index is 0.0779. The third kappa shape index (κ3) is 2.98. The first kappa shape index (κ1) is 17.7. The zero-order valence-electron chi connectivity index (χ0n) is 15.2. The fourth-order valence-corrected chi connectivity index (χ4v) is 5.73. The molecule has 6 nitrogen and oxygen atoms in total. The van der Waals surface area contributed by atoms with Gasteiger partial charge in [-0.05, 0) is 56.3 Å². The molecule has 4 rings (SSSR count). The van der Waals surface area contributed by atoms with E-state index in [2.05, 4.69) is 10.3 Å². The van der Waals surface area contributed by atoms with E-state index in [9.17, 15) is 8.42 Å². The third-order valence-electron chi connectivity index (χ3n) is 5.33. The number of rotatable bonds is 4. The number of nitrogens with one attached hydrogen (secondary N) is 1. The topological polar surface area (TPSA) is 71.5 Å². The number of fused-ring (bicyclic) bond motifs is 1. The van der Waals surface area contributed by atoms with Gasteiger partial charge in [0.1, 0.15) is 0 Å². The summed E-state index contributed by atoms with van der Waals surface area (Å²) in [5.41, 5.74) is 1.03. The molecule has 0 amide bonds. The van der Waals surface area contributed by atoms with E-state index < -0.39 is 10.0 Å². The summed E-state index contributed by atoms with van der Waals surface area (Å²) in [6.45, 7) is 4.01. The lowest BCUT2D eigenvalue weighted by atomic mass is 10.0. The standard InChI is InChI=1S/C19H25N3O3S/c1-13-11-20-9-4-10-22(13)26(23,24)17-6-3-5-15-18(17)16(14-7-8-14)12-21-19(15)25-2/h3,5-6,12-14,20H,4,7-11H2,1-2H3/t13-/m1/s1. The number of sulfonamides is 1. The second kappa shape index (κ2) is 6.79. The van der Waals surface area contributed by atoms with Crippen LogP contribution in [-0.4, -0.2) is 50.5 Å². The molecule has 1 aromatic carbocycles. The molecule has 2 aliphatic rings. The number of nitrogens with zero attached hydrogens (tertiary/aromatic N) is 2. The summed E-state index contributed by atoms with van der Waals surface area (Å²) in [6.07, 6.45) is 4.78. The summed E-state index contributed by atoms with van der Waals surface area (Å²) in [6, 6.07) is 5.34. The molecular weight excluding hydrogens is 350 g/mol. The van der Waals surface area contributed by atoms with Gasteiger partial charge in [-0.2, -0.15) is 4.31 Å². The van der Waals surface area contributed by atoms with Gasteiger partial charge in [-0.25, -0.2) is 13.4 Å². The molecule has 7 heteroatoms. The summed E-state index contributed by atoms with van der Waals surface area (Å²) in [5, 5.41) is 4.87. The molecular formula is C19H25N3O3S. The lowest BCUT2D eigenvalue weighted by Crippen LogP contribution is -2.41. The van der Waals surface area contributed by atoms with E-state index in [-0.39, 0.29) is 6.04 Å². The zero-order valence-corrected chi connectivity index (χ0v) is 16.1. The number of hydrogen-bond acceptors (Lipinski definition) is 5. The van der Waals surface area contributed by atoms with Crippen molar-refractivity contribution in [3.05, 3.63) is 30.0 Å². The fourth-order valence-electron chi connectivity index (χ4n) is 3.83. The number of ether oxygens (including phenoxy) is 1. The van der Waals surface area contributed by atoms with E-state index in [1.165, 1.54) is 0 Å². The lowest BCUT2D eigenvalue weighted by molar-refractivity contribution is 0.353. The van der Waals surface area contributed by atoms with E-state index in [0.29, 0.717) is 29.8 Å². The Morgan fingerprint density at radius 1 is 1.31 bits per heavy atom. The quantitative estimate of drug-likeness (QED) is 0.889. The van der Waals surface area contributed by atoms with Crippen LogP contribution >= 0.6 is 0 Å². The van der Waals surface area contributed by atoms with Crippen molar-refractivity contribution in [2.24, 2.45) is 0 Å². The Hall–Kier alpha value is -1.70. The molecule has 1 aromatic heterocycles. The molecule has 0 spiro atoms. The summed E-state index contributed by atoms with van der Waals surface area (Å²) < 4.78 is 34.2. The van der Waals surface area contributed by atoms with E-state index in [4.69, 9.17) is 4.74 Å². The number of hydrogen-bond donors (Lipinski definition) is 1. The molecule has 1 saturated carbocycles. The molecule has 26 heavy (non-hydrogen) atoms. The number of benzene rings is 1. The van der Waals surface area contributed by atoms with E-state index >= 15 is 0 Å². The Bertz CT molecular complexity index is 925. The van der Waals surface area contributed by atoms with Gasteiger partial charge in [0.05, 0.1) is 12.0 Å². The maximum absolute atomic E-state index is 13.6. The van der Waals surface area contributed by atoms with Crippen LogP contribution in [0.2, 0.25) is 0 Å². The maximum atomic E-state index is 13.6. The number of pyridine rings is 1. The fraction of sp³-hybridized carbons (Fsp3) is 0.526. The van der Waals surface area contributed by atoms with Crippen molar-refractivity contribution in [2.45, 2.75) is 43.0 Å². The smallest absolute Gasteiger partial charge is 0.243 e. The van der Waals surface area contributed by atoms with Crippen molar-refractivity contribution in [1.29, 1.82) is 0 Å². The van der Waals surface area contributed by atoms with Crippen LogP contribution in [0, 0.1) is 0 Å². The first-order valence-electron chi connectivity index (χ1n) is 9.22. The van der Waals surface area contributed by atoms with Crippen LogP contribution in [0.25, 0.3) is 10.8 Å². The normalized spacial score (nSPS) is 22.3. The van der Waals surface area contributed by atoms with Crippen LogP contribution in [0.4, 0.5) is 0 Å². The third-order valence-corrected chi connectivity index (χ3v) is 7.38. The molecule has 0 bridgehead atoms. The van der Waals surface area contributed by atoms with Crippen LogP contribution in [0.1, 0.15) is 37.7 Å². The highest BCUT2D eigenvalue weighted by atomic mass is 32.2. The van der Waals surface area contributed by atoms with Crippen molar-refractivity contribution < 1.29 is 13.2 Å². The van der Waals surface area contributed by atoms with Crippen molar-refractivity contribution in [3.63, 3.8) is 0 Å². The first-order valence-corrected chi connectivity index (χ1v) is 10.7. The molecule has 1 saturated heterocycles. The summed E-state index contributed by atoms with van der Waals surface area (Å²) in [5.74, 6) is 0.877. The number of aromatic nitrogens is 1. The van der Waals surface area contributed by atoms with Gasteiger partial charge < -0.3 is 10.1 Å². The van der Waals surface area contributed by atoms with Crippen LogP contribution in [0.3, 0.4) is 0 Å². The summed E-state index contributed by atoms with van der Waals surface area (Å²) >= 11 is 0. The Balaban J connectivity index is 1.93. The summed E-state index contributed by atoms with van der Waals surface area (Å²) in [4.78, 5) is 4.79. The van der Waals surface area contributed by atoms with Gasteiger partial charge >= 0.3 is 0 Å². The van der Waals surface area contributed by atoms with E-state index in [1.54, 1.807) is 29.7 Å². The second-order valence-corrected chi connectivity index (χ2v) is 9.06. The van der Waals surface area contributed by atoms with Gasteiger partial charge in [0.15, 0.2) is 0 Å². The molecule has 0 unspecified atom stereocenters. The Labute approximate surface area is 154 Å². The van der Waals surface area contributed by atoms with E-state index in [0.717, 1.165) is 42.1 Å². The van der Waals surface area contributed by atoms with Gasteiger partial charge in [-0.3, -0.25) is 0 Å². The van der Waals surface area contributed by atoms with Crippen molar-refractivity contribution in [1.82, 2.24) is 14.6 Å². The minimum Gasteiger partial charge on any atom is -0.481 e. The average molecular weight is 375 g/mol. The van der Waals surface area contributed by atoms with Crippen molar-refractivity contribution in [2.75, 3.05) is 26.7 Å². The summed E-state index contributed by atoms with van der Waals surface area (Å²) in [7, 11) is -2.03. The van der Waals surface area contributed by atoms with Crippen LogP contribution in [-0.2, 0) is 10.0 Å². The Kier molecular flexibility index (Phi) is 4.62. The predicted octanol–water partition coefficient (Wildman–Crippen LogP) is 2.49.